The van der Waals surface area contributed by atoms with Crippen molar-refractivity contribution in [3.63, 3.8) is 0 Å². The highest BCUT2D eigenvalue weighted by Crippen LogP contribution is 2.17. The lowest BCUT2D eigenvalue weighted by Crippen LogP contribution is -2.36. The maximum Gasteiger partial charge on any atom is 0.171 e. The number of methoxy groups -OCH3 is 1. The van der Waals surface area contributed by atoms with Crippen molar-refractivity contribution in [1.29, 1.82) is 0 Å². The summed E-state index contributed by atoms with van der Waals surface area (Å²) in [5.41, 5.74) is 3.49. The zero-order valence-electron chi connectivity index (χ0n) is 15.0. The van der Waals surface area contributed by atoms with Gasteiger partial charge in [0.1, 0.15) is 5.75 Å². The van der Waals surface area contributed by atoms with E-state index in [0.29, 0.717) is 11.7 Å². The fraction of sp³-hybridized carbons (Fsp3) is 0.350. The highest BCUT2D eigenvalue weighted by Gasteiger charge is 2.12. The lowest BCUT2D eigenvalue weighted by atomic mass is 10.1. The molecule has 0 atom stereocenters. The number of anilines is 1. The summed E-state index contributed by atoms with van der Waals surface area (Å²) in [4.78, 5) is 2.43. The standard InChI is InChI=1S/C20H25N3O2S/c1-24-19-8-4-7-18(13-19)22-20(26)21-14-16-5-2-3-6-17(16)15-23-9-11-25-12-10-23/h2-8,13H,9-12,14-15H2,1H3,(H2,21,22,26). The SMILES string of the molecule is COc1cccc(NC(=S)NCc2ccccc2CN2CCOCC2)c1. The lowest BCUT2D eigenvalue weighted by molar-refractivity contribution is 0.0341. The number of morpholine rings is 1. The van der Waals surface area contributed by atoms with Gasteiger partial charge in [-0.3, -0.25) is 4.90 Å². The molecule has 2 aromatic carbocycles. The molecule has 0 saturated carbocycles. The fourth-order valence-corrected chi connectivity index (χ4v) is 3.13. The van der Waals surface area contributed by atoms with Gasteiger partial charge in [0.2, 0.25) is 0 Å². The summed E-state index contributed by atoms with van der Waals surface area (Å²) in [6, 6.07) is 16.2. The van der Waals surface area contributed by atoms with Gasteiger partial charge in [-0.1, -0.05) is 30.3 Å². The molecule has 6 heteroatoms. The van der Waals surface area contributed by atoms with Crippen molar-refractivity contribution < 1.29 is 9.47 Å². The molecule has 0 aliphatic carbocycles. The van der Waals surface area contributed by atoms with Crippen LogP contribution in [0, 0.1) is 0 Å². The zero-order valence-corrected chi connectivity index (χ0v) is 15.8. The van der Waals surface area contributed by atoms with Gasteiger partial charge >= 0.3 is 0 Å². The van der Waals surface area contributed by atoms with Crippen LogP contribution < -0.4 is 15.4 Å². The second-order valence-electron chi connectivity index (χ2n) is 6.20. The van der Waals surface area contributed by atoms with Crippen molar-refractivity contribution in [2.45, 2.75) is 13.1 Å². The molecular weight excluding hydrogens is 346 g/mol. The summed E-state index contributed by atoms with van der Waals surface area (Å²) in [6.07, 6.45) is 0. The average molecular weight is 372 g/mol. The Kier molecular flexibility index (Phi) is 6.82. The number of hydrogen-bond donors (Lipinski definition) is 2. The number of nitrogens with zero attached hydrogens (tertiary/aromatic N) is 1. The summed E-state index contributed by atoms with van der Waals surface area (Å²) in [5, 5.41) is 7.10. The third-order valence-electron chi connectivity index (χ3n) is 4.38. The summed E-state index contributed by atoms with van der Waals surface area (Å²) in [7, 11) is 1.65. The molecule has 0 bridgehead atoms. The number of rotatable bonds is 6. The van der Waals surface area contributed by atoms with Crippen molar-refractivity contribution in [2.24, 2.45) is 0 Å². The first-order valence-electron chi connectivity index (χ1n) is 8.80. The van der Waals surface area contributed by atoms with E-state index >= 15 is 0 Å². The second-order valence-corrected chi connectivity index (χ2v) is 6.61. The maximum atomic E-state index is 5.43. The third-order valence-corrected chi connectivity index (χ3v) is 4.63. The molecule has 0 spiro atoms. The molecule has 1 fully saturated rings. The van der Waals surface area contributed by atoms with Gasteiger partial charge in [-0.05, 0) is 35.5 Å². The molecule has 0 aromatic heterocycles. The van der Waals surface area contributed by atoms with E-state index in [4.69, 9.17) is 21.7 Å². The Hall–Kier alpha value is -2.15. The molecule has 138 valence electrons. The first-order chi connectivity index (χ1) is 12.7. The van der Waals surface area contributed by atoms with Gasteiger partial charge in [-0.25, -0.2) is 0 Å². The normalized spacial score (nSPS) is 14.7. The fourth-order valence-electron chi connectivity index (χ4n) is 2.94. The second kappa shape index (κ2) is 9.52. The Labute approximate surface area is 160 Å². The first-order valence-corrected chi connectivity index (χ1v) is 9.21. The van der Waals surface area contributed by atoms with Gasteiger partial charge in [0.05, 0.1) is 20.3 Å². The minimum atomic E-state index is 0.597. The van der Waals surface area contributed by atoms with Crippen LogP contribution in [0.4, 0.5) is 5.69 Å². The van der Waals surface area contributed by atoms with E-state index in [1.54, 1.807) is 7.11 Å². The van der Waals surface area contributed by atoms with E-state index in [1.165, 1.54) is 11.1 Å². The van der Waals surface area contributed by atoms with Gasteiger partial charge in [-0.2, -0.15) is 0 Å². The van der Waals surface area contributed by atoms with Gasteiger partial charge < -0.3 is 20.1 Å². The molecule has 26 heavy (non-hydrogen) atoms. The lowest BCUT2D eigenvalue weighted by Gasteiger charge is -2.27. The van der Waals surface area contributed by atoms with Gasteiger partial charge in [0, 0.05) is 37.9 Å². The average Bonchev–Trinajstić information content (AvgIpc) is 2.68. The van der Waals surface area contributed by atoms with Crippen molar-refractivity contribution in [3.05, 3.63) is 59.7 Å². The van der Waals surface area contributed by atoms with Crippen LogP contribution >= 0.6 is 12.2 Å². The summed E-state index contributed by atoms with van der Waals surface area (Å²) >= 11 is 5.43. The number of ether oxygens (including phenoxy) is 2. The van der Waals surface area contributed by atoms with Crippen LogP contribution in [0.3, 0.4) is 0 Å². The Morgan fingerprint density at radius 3 is 2.65 bits per heavy atom. The molecule has 1 aliphatic rings. The molecule has 0 amide bonds. The van der Waals surface area contributed by atoms with E-state index in [0.717, 1.165) is 44.3 Å². The first kappa shape index (κ1) is 18.6. The van der Waals surface area contributed by atoms with Crippen LogP contribution in [-0.2, 0) is 17.8 Å². The molecule has 0 unspecified atom stereocenters. The molecule has 5 nitrogen and oxygen atoms in total. The highest BCUT2D eigenvalue weighted by molar-refractivity contribution is 7.80. The Balaban J connectivity index is 1.56. The highest BCUT2D eigenvalue weighted by atomic mass is 32.1. The predicted octanol–water partition coefficient (Wildman–Crippen LogP) is 3.01. The molecule has 1 aliphatic heterocycles. The van der Waals surface area contributed by atoms with Crippen LogP contribution in [-0.4, -0.2) is 43.4 Å². The third kappa shape index (κ3) is 5.42. The van der Waals surface area contributed by atoms with Crippen LogP contribution in [0.1, 0.15) is 11.1 Å². The Bertz CT molecular complexity index is 733. The van der Waals surface area contributed by atoms with Crippen LogP contribution in [0.5, 0.6) is 5.75 Å². The van der Waals surface area contributed by atoms with E-state index in [9.17, 15) is 0 Å². The van der Waals surface area contributed by atoms with Crippen molar-refractivity contribution in [3.8, 4) is 5.75 Å². The monoisotopic (exact) mass is 371 g/mol. The van der Waals surface area contributed by atoms with Crippen molar-refractivity contribution >= 4 is 23.0 Å². The largest absolute Gasteiger partial charge is 0.497 e. The molecule has 3 rings (SSSR count). The molecule has 0 radical (unpaired) electrons. The number of nitrogens with one attached hydrogen (secondary N) is 2. The maximum absolute atomic E-state index is 5.43. The van der Waals surface area contributed by atoms with Crippen LogP contribution in [0.2, 0.25) is 0 Å². The Morgan fingerprint density at radius 1 is 1.12 bits per heavy atom. The Morgan fingerprint density at radius 2 is 1.88 bits per heavy atom. The zero-order chi connectivity index (χ0) is 18.2. The molecule has 2 N–H and O–H groups in total. The molecule has 1 saturated heterocycles. The summed E-state index contributed by atoms with van der Waals surface area (Å²) < 4.78 is 10.7. The van der Waals surface area contributed by atoms with E-state index in [-0.39, 0.29) is 0 Å². The quantitative estimate of drug-likeness (QED) is 0.761. The van der Waals surface area contributed by atoms with Gasteiger partial charge in [0.25, 0.3) is 0 Å². The number of thiocarbonyl (C=S) groups is 1. The topological polar surface area (TPSA) is 45.8 Å². The molecule has 1 heterocycles. The predicted molar refractivity (Wildman–Crippen MR) is 109 cm³/mol. The van der Waals surface area contributed by atoms with Crippen LogP contribution in [0.25, 0.3) is 0 Å². The van der Waals surface area contributed by atoms with Crippen molar-refractivity contribution in [2.75, 3.05) is 38.7 Å². The molecule has 2 aromatic rings. The summed E-state index contributed by atoms with van der Waals surface area (Å²) in [5.74, 6) is 0.800. The van der Waals surface area contributed by atoms with Crippen LogP contribution in [0.15, 0.2) is 48.5 Å². The minimum absolute atomic E-state index is 0.597. The minimum Gasteiger partial charge on any atom is -0.497 e. The van der Waals surface area contributed by atoms with Gasteiger partial charge in [-0.15, -0.1) is 0 Å². The van der Waals surface area contributed by atoms with E-state index in [1.807, 2.05) is 24.3 Å². The van der Waals surface area contributed by atoms with E-state index in [2.05, 4.69) is 39.8 Å². The van der Waals surface area contributed by atoms with Gasteiger partial charge in [0.15, 0.2) is 5.11 Å². The smallest absolute Gasteiger partial charge is 0.171 e. The number of hydrogen-bond acceptors (Lipinski definition) is 4. The summed E-state index contributed by atoms with van der Waals surface area (Å²) in [6.45, 7) is 5.23. The van der Waals surface area contributed by atoms with E-state index < -0.39 is 0 Å². The molecular formula is C20H25N3O2S. The number of benzene rings is 2. The van der Waals surface area contributed by atoms with Crippen molar-refractivity contribution in [1.82, 2.24) is 10.2 Å².